The molecule has 4 aromatic rings. The third-order valence-electron chi connectivity index (χ3n) is 5.30. The fraction of sp³-hybridized carbons (Fsp3) is 0.115. The second kappa shape index (κ2) is 9.08. The van der Waals surface area contributed by atoms with Crippen LogP contribution >= 0.6 is 0 Å². The van der Waals surface area contributed by atoms with Crippen molar-refractivity contribution in [1.82, 2.24) is 4.98 Å². The summed E-state index contributed by atoms with van der Waals surface area (Å²) in [7, 11) is 0. The molecule has 166 valence electrons. The summed E-state index contributed by atoms with van der Waals surface area (Å²) < 4.78 is 19.2. The molecule has 0 radical (unpaired) electrons. The molecule has 0 saturated heterocycles. The summed E-state index contributed by atoms with van der Waals surface area (Å²) in [6.45, 7) is 3.36. The standard InChI is InChI=1S/C26H21FN2O4/c1-3-29(16(2)30)24-23(19-11-9-18(10-12-19)17-7-5-4-6-8-17)28-22-14-13-20(27)15-21(22)25(24)33-26(31)32/h4-15H,3H2,1-2H3,(H,31,32). The van der Waals surface area contributed by atoms with Crippen molar-refractivity contribution in [3.05, 3.63) is 78.6 Å². The van der Waals surface area contributed by atoms with E-state index >= 15 is 0 Å². The highest BCUT2D eigenvalue weighted by Gasteiger charge is 2.26. The molecular weight excluding hydrogens is 423 g/mol. The van der Waals surface area contributed by atoms with Crippen LogP contribution in [-0.4, -0.2) is 28.7 Å². The van der Waals surface area contributed by atoms with Gasteiger partial charge in [0.1, 0.15) is 11.5 Å². The molecule has 1 heterocycles. The molecule has 0 aliphatic carbocycles. The number of amides is 1. The SMILES string of the molecule is CCN(C(C)=O)c1c(-c2ccc(-c3ccccc3)cc2)nc2ccc(F)cc2c1OC(=O)O. The van der Waals surface area contributed by atoms with Crippen LogP contribution in [0.15, 0.2) is 72.8 Å². The molecule has 0 fully saturated rings. The second-order valence-corrected chi connectivity index (χ2v) is 7.37. The highest BCUT2D eigenvalue weighted by molar-refractivity contribution is 6.05. The largest absolute Gasteiger partial charge is 0.511 e. The lowest BCUT2D eigenvalue weighted by atomic mass is 10.0. The van der Waals surface area contributed by atoms with Crippen LogP contribution in [0.5, 0.6) is 5.75 Å². The summed E-state index contributed by atoms with van der Waals surface area (Å²) in [6, 6.07) is 21.2. The number of ether oxygens (including phenoxy) is 1. The van der Waals surface area contributed by atoms with Crippen LogP contribution in [0.3, 0.4) is 0 Å². The van der Waals surface area contributed by atoms with Gasteiger partial charge in [-0.25, -0.2) is 14.2 Å². The van der Waals surface area contributed by atoms with Crippen molar-refractivity contribution in [2.45, 2.75) is 13.8 Å². The van der Waals surface area contributed by atoms with Crippen molar-refractivity contribution in [3.63, 3.8) is 0 Å². The number of rotatable bonds is 5. The van der Waals surface area contributed by atoms with Crippen LogP contribution in [0.1, 0.15) is 13.8 Å². The van der Waals surface area contributed by atoms with Crippen molar-refractivity contribution in [2.75, 3.05) is 11.4 Å². The van der Waals surface area contributed by atoms with Crippen molar-refractivity contribution in [2.24, 2.45) is 0 Å². The fourth-order valence-electron chi connectivity index (χ4n) is 3.83. The van der Waals surface area contributed by atoms with Gasteiger partial charge in [0, 0.05) is 24.4 Å². The molecule has 0 spiro atoms. The first kappa shape index (κ1) is 22.0. The zero-order valence-electron chi connectivity index (χ0n) is 18.1. The van der Waals surface area contributed by atoms with Gasteiger partial charge in [0.15, 0.2) is 5.75 Å². The Morgan fingerprint density at radius 1 is 0.970 bits per heavy atom. The Balaban J connectivity index is 1.99. The highest BCUT2D eigenvalue weighted by Crippen LogP contribution is 2.43. The molecule has 0 aliphatic rings. The number of anilines is 1. The number of benzene rings is 3. The summed E-state index contributed by atoms with van der Waals surface area (Å²) in [5.41, 5.74) is 3.58. The van der Waals surface area contributed by atoms with Gasteiger partial charge in [-0.15, -0.1) is 0 Å². The van der Waals surface area contributed by atoms with Gasteiger partial charge in [-0.2, -0.15) is 0 Å². The second-order valence-electron chi connectivity index (χ2n) is 7.37. The first-order valence-electron chi connectivity index (χ1n) is 10.4. The van der Waals surface area contributed by atoms with E-state index in [2.05, 4.69) is 4.98 Å². The Bertz CT molecular complexity index is 1340. The molecule has 3 aromatic carbocycles. The molecule has 6 nitrogen and oxygen atoms in total. The van der Waals surface area contributed by atoms with Gasteiger partial charge in [-0.05, 0) is 36.2 Å². The fourth-order valence-corrected chi connectivity index (χ4v) is 3.83. The van der Waals surface area contributed by atoms with E-state index in [0.717, 1.165) is 17.2 Å². The van der Waals surface area contributed by atoms with Crippen LogP contribution < -0.4 is 9.64 Å². The van der Waals surface area contributed by atoms with Crippen LogP contribution in [0.4, 0.5) is 14.9 Å². The van der Waals surface area contributed by atoms with Gasteiger partial charge in [-0.1, -0.05) is 54.6 Å². The topological polar surface area (TPSA) is 79.7 Å². The van der Waals surface area contributed by atoms with Crippen molar-refractivity contribution >= 4 is 28.7 Å². The van der Waals surface area contributed by atoms with Crippen molar-refractivity contribution in [1.29, 1.82) is 0 Å². The van der Waals surface area contributed by atoms with Crippen LogP contribution in [0, 0.1) is 5.82 Å². The van der Waals surface area contributed by atoms with E-state index in [-0.39, 0.29) is 29.3 Å². The Hall–Kier alpha value is -4.26. The maximum absolute atomic E-state index is 14.0. The number of halogens is 1. The van der Waals surface area contributed by atoms with E-state index in [9.17, 15) is 19.1 Å². The van der Waals surface area contributed by atoms with Gasteiger partial charge in [0.2, 0.25) is 5.91 Å². The van der Waals surface area contributed by atoms with E-state index in [0.29, 0.717) is 16.8 Å². The van der Waals surface area contributed by atoms with Crippen molar-refractivity contribution < 1.29 is 23.8 Å². The summed E-state index contributed by atoms with van der Waals surface area (Å²) in [5, 5.41) is 9.56. The van der Waals surface area contributed by atoms with Gasteiger partial charge < -0.3 is 14.7 Å². The molecular formula is C26H21FN2O4. The number of hydrogen-bond acceptors (Lipinski definition) is 4. The lowest BCUT2D eigenvalue weighted by molar-refractivity contribution is -0.116. The Labute approximate surface area is 189 Å². The number of aromatic nitrogens is 1. The van der Waals surface area contributed by atoms with E-state index in [1.54, 1.807) is 6.92 Å². The first-order valence-corrected chi connectivity index (χ1v) is 10.4. The van der Waals surface area contributed by atoms with Gasteiger partial charge in [-0.3, -0.25) is 4.79 Å². The molecule has 0 saturated carbocycles. The van der Waals surface area contributed by atoms with Crippen molar-refractivity contribution in [3.8, 4) is 28.1 Å². The van der Waals surface area contributed by atoms with Crippen LogP contribution in [0.25, 0.3) is 33.3 Å². The average molecular weight is 444 g/mol. The Morgan fingerprint density at radius 2 is 1.61 bits per heavy atom. The monoisotopic (exact) mass is 444 g/mol. The zero-order valence-corrected chi connectivity index (χ0v) is 18.1. The molecule has 1 amide bonds. The Morgan fingerprint density at radius 3 is 2.21 bits per heavy atom. The molecule has 1 N–H and O–H groups in total. The quantitative estimate of drug-likeness (QED) is 0.374. The highest BCUT2D eigenvalue weighted by atomic mass is 19.1. The molecule has 0 aliphatic heterocycles. The lowest BCUT2D eigenvalue weighted by Crippen LogP contribution is -2.29. The molecule has 4 rings (SSSR count). The van der Waals surface area contributed by atoms with E-state index in [4.69, 9.17) is 4.74 Å². The molecule has 1 aromatic heterocycles. The first-order chi connectivity index (χ1) is 15.9. The number of fused-ring (bicyclic) bond motifs is 1. The number of carbonyl (C=O) groups is 2. The molecule has 0 bridgehead atoms. The number of hydrogen-bond donors (Lipinski definition) is 1. The predicted octanol–water partition coefficient (Wildman–Crippen LogP) is 6.14. The maximum Gasteiger partial charge on any atom is 0.511 e. The molecule has 33 heavy (non-hydrogen) atoms. The van der Waals surface area contributed by atoms with Gasteiger partial charge in [0.05, 0.1) is 11.2 Å². The Kier molecular flexibility index (Phi) is 6.04. The predicted molar refractivity (Wildman–Crippen MR) is 125 cm³/mol. The minimum absolute atomic E-state index is 0.133. The summed E-state index contributed by atoms with van der Waals surface area (Å²) in [5.74, 6) is -1.03. The third kappa shape index (κ3) is 4.39. The molecule has 7 heteroatoms. The van der Waals surface area contributed by atoms with Gasteiger partial charge in [0.25, 0.3) is 0 Å². The number of carbonyl (C=O) groups excluding carboxylic acids is 1. The number of pyridine rings is 1. The average Bonchev–Trinajstić information content (AvgIpc) is 2.81. The minimum Gasteiger partial charge on any atom is -0.449 e. The van der Waals surface area contributed by atoms with E-state index < -0.39 is 12.0 Å². The minimum atomic E-state index is -1.57. The number of carboxylic acid groups (broad SMARTS) is 1. The maximum atomic E-state index is 14.0. The smallest absolute Gasteiger partial charge is 0.449 e. The zero-order chi connectivity index (χ0) is 23.5. The summed E-state index contributed by atoms with van der Waals surface area (Å²) in [4.78, 5) is 30.0. The molecule has 0 unspecified atom stereocenters. The van der Waals surface area contributed by atoms with E-state index in [1.807, 2.05) is 54.6 Å². The van der Waals surface area contributed by atoms with E-state index in [1.165, 1.54) is 24.0 Å². The van der Waals surface area contributed by atoms with Crippen LogP contribution in [0.2, 0.25) is 0 Å². The third-order valence-corrected chi connectivity index (χ3v) is 5.30. The summed E-state index contributed by atoms with van der Waals surface area (Å²) in [6.07, 6.45) is -1.57. The molecule has 0 atom stereocenters. The van der Waals surface area contributed by atoms with Crippen LogP contribution in [-0.2, 0) is 4.79 Å². The summed E-state index contributed by atoms with van der Waals surface area (Å²) >= 11 is 0. The normalized spacial score (nSPS) is 10.8. The van der Waals surface area contributed by atoms with Gasteiger partial charge >= 0.3 is 6.16 Å². The number of nitrogens with zero attached hydrogens (tertiary/aromatic N) is 2. The lowest BCUT2D eigenvalue weighted by Gasteiger charge is -2.25.